The second-order valence-corrected chi connectivity index (χ2v) is 7.01. The summed E-state index contributed by atoms with van der Waals surface area (Å²) in [7, 11) is 0. The van der Waals surface area contributed by atoms with Gasteiger partial charge in [0.15, 0.2) is 0 Å². The van der Waals surface area contributed by atoms with Crippen LogP contribution in [0.5, 0.6) is 0 Å². The third-order valence-electron chi connectivity index (χ3n) is 3.19. The van der Waals surface area contributed by atoms with Crippen molar-refractivity contribution in [3.05, 3.63) is 28.7 Å². The number of carboxylic acid groups (broad SMARTS) is 1. The summed E-state index contributed by atoms with van der Waals surface area (Å²) >= 11 is 5.23. The number of carboxylic acids is 1. The molecule has 2 N–H and O–H groups in total. The lowest BCUT2D eigenvalue weighted by atomic mass is 9.95. The third-order valence-corrected chi connectivity index (χ3v) is 4.82. The van der Waals surface area contributed by atoms with Gasteiger partial charge in [0.1, 0.15) is 5.54 Å². The number of halogens is 1. The van der Waals surface area contributed by atoms with Crippen LogP contribution in [0.3, 0.4) is 0 Å². The Hall–Kier alpha value is -0.520. The molecule has 3 nitrogen and oxygen atoms in total. The molecule has 0 fully saturated rings. The summed E-state index contributed by atoms with van der Waals surface area (Å²) in [6.45, 7) is 4.38. The first-order chi connectivity index (χ1) is 9.48. The Kier molecular flexibility index (Phi) is 7.62. The van der Waals surface area contributed by atoms with E-state index in [0.717, 1.165) is 23.1 Å². The van der Waals surface area contributed by atoms with Gasteiger partial charge in [-0.2, -0.15) is 0 Å². The molecule has 5 heteroatoms. The molecule has 0 amide bonds. The molecule has 1 atom stereocenters. The van der Waals surface area contributed by atoms with Gasteiger partial charge < -0.3 is 10.4 Å². The molecule has 0 bridgehead atoms. The number of rotatable bonds is 9. The lowest BCUT2D eigenvalue weighted by Crippen LogP contribution is -2.49. The van der Waals surface area contributed by atoms with Crippen molar-refractivity contribution in [2.24, 2.45) is 0 Å². The maximum atomic E-state index is 11.3. The van der Waals surface area contributed by atoms with Crippen molar-refractivity contribution >= 4 is 33.7 Å². The Bertz CT molecular complexity index is 424. The highest BCUT2D eigenvalue weighted by molar-refractivity contribution is 9.10. The van der Waals surface area contributed by atoms with E-state index < -0.39 is 11.5 Å². The van der Waals surface area contributed by atoms with Crippen LogP contribution >= 0.6 is 27.7 Å². The number of aliphatic carboxylic acids is 1. The molecule has 0 aliphatic carbocycles. The van der Waals surface area contributed by atoms with Gasteiger partial charge in [-0.3, -0.25) is 4.79 Å². The van der Waals surface area contributed by atoms with Crippen LogP contribution in [0.2, 0.25) is 0 Å². The molecule has 1 aromatic rings. The van der Waals surface area contributed by atoms with E-state index >= 15 is 0 Å². The minimum Gasteiger partial charge on any atom is -0.480 e. The second kappa shape index (κ2) is 8.70. The van der Waals surface area contributed by atoms with Gasteiger partial charge in [-0.05, 0) is 56.3 Å². The average molecular weight is 360 g/mol. The SMILES string of the molecule is CCNC(C)(CCCCSc1ccc(Br)cc1)C(=O)O. The molecule has 0 saturated carbocycles. The Morgan fingerprint density at radius 2 is 2.00 bits per heavy atom. The Morgan fingerprint density at radius 1 is 1.35 bits per heavy atom. The first-order valence-corrected chi connectivity index (χ1v) is 8.62. The van der Waals surface area contributed by atoms with Gasteiger partial charge >= 0.3 is 5.97 Å². The van der Waals surface area contributed by atoms with Crippen molar-refractivity contribution in [2.75, 3.05) is 12.3 Å². The highest BCUT2D eigenvalue weighted by Gasteiger charge is 2.30. The number of benzene rings is 1. The van der Waals surface area contributed by atoms with Gasteiger partial charge in [-0.1, -0.05) is 29.3 Å². The molecule has 1 unspecified atom stereocenters. The van der Waals surface area contributed by atoms with Crippen LogP contribution in [0.4, 0.5) is 0 Å². The molecule has 0 saturated heterocycles. The summed E-state index contributed by atoms with van der Waals surface area (Å²) < 4.78 is 1.09. The number of unbranched alkanes of at least 4 members (excludes halogenated alkanes) is 1. The standard InChI is InChI=1S/C15H22BrNO2S/c1-3-17-15(2,14(18)19)10-4-5-11-20-13-8-6-12(16)7-9-13/h6-9,17H,3-5,10-11H2,1-2H3,(H,18,19). The number of nitrogens with one attached hydrogen (secondary N) is 1. The molecular formula is C15H22BrNO2S. The van der Waals surface area contributed by atoms with Crippen molar-refractivity contribution in [1.82, 2.24) is 5.32 Å². The first kappa shape index (κ1) is 17.5. The zero-order chi connectivity index (χ0) is 15.0. The van der Waals surface area contributed by atoms with E-state index in [-0.39, 0.29) is 0 Å². The molecule has 0 aliphatic rings. The summed E-state index contributed by atoms with van der Waals surface area (Å²) in [5.74, 6) is 0.253. The molecule has 112 valence electrons. The largest absolute Gasteiger partial charge is 0.480 e. The van der Waals surface area contributed by atoms with Gasteiger partial charge in [0, 0.05) is 9.37 Å². The molecule has 0 aromatic heterocycles. The minimum absolute atomic E-state index is 0.664. The molecule has 0 spiro atoms. The zero-order valence-corrected chi connectivity index (χ0v) is 14.4. The molecule has 1 aromatic carbocycles. The fraction of sp³-hybridized carbons (Fsp3) is 0.533. The quantitative estimate of drug-likeness (QED) is 0.513. The van der Waals surface area contributed by atoms with E-state index in [0.29, 0.717) is 13.0 Å². The van der Waals surface area contributed by atoms with Crippen molar-refractivity contribution in [1.29, 1.82) is 0 Å². The van der Waals surface area contributed by atoms with Crippen LogP contribution in [-0.2, 0) is 4.79 Å². The van der Waals surface area contributed by atoms with Crippen molar-refractivity contribution in [2.45, 2.75) is 43.5 Å². The highest BCUT2D eigenvalue weighted by atomic mass is 79.9. The smallest absolute Gasteiger partial charge is 0.323 e. The maximum absolute atomic E-state index is 11.3. The van der Waals surface area contributed by atoms with E-state index in [4.69, 9.17) is 0 Å². The first-order valence-electron chi connectivity index (χ1n) is 6.85. The number of hydrogen-bond donors (Lipinski definition) is 2. The molecule has 20 heavy (non-hydrogen) atoms. The van der Waals surface area contributed by atoms with Crippen LogP contribution in [0, 0.1) is 0 Å². The topological polar surface area (TPSA) is 49.3 Å². The van der Waals surface area contributed by atoms with E-state index in [1.165, 1.54) is 4.90 Å². The maximum Gasteiger partial charge on any atom is 0.323 e. The number of likely N-dealkylation sites (N-methyl/N-ethyl adjacent to an activating group) is 1. The Labute approximate surface area is 133 Å². The predicted molar refractivity (Wildman–Crippen MR) is 88.4 cm³/mol. The zero-order valence-electron chi connectivity index (χ0n) is 12.0. The molecule has 1 rings (SSSR count). The van der Waals surface area contributed by atoms with Crippen molar-refractivity contribution in [3.8, 4) is 0 Å². The summed E-state index contributed by atoms with van der Waals surface area (Å²) in [4.78, 5) is 12.5. The van der Waals surface area contributed by atoms with E-state index in [9.17, 15) is 9.90 Å². The predicted octanol–water partition coefficient (Wildman–Crippen LogP) is 4.16. The van der Waals surface area contributed by atoms with Crippen LogP contribution in [-0.4, -0.2) is 28.9 Å². The van der Waals surface area contributed by atoms with Gasteiger partial charge in [0.05, 0.1) is 0 Å². The van der Waals surface area contributed by atoms with Crippen LogP contribution < -0.4 is 5.32 Å². The number of thioether (sulfide) groups is 1. The lowest BCUT2D eigenvalue weighted by molar-refractivity contribution is -0.144. The Morgan fingerprint density at radius 3 is 2.55 bits per heavy atom. The number of hydrogen-bond acceptors (Lipinski definition) is 3. The van der Waals surface area contributed by atoms with E-state index in [1.54, 1.807) is 6.92 Å². The third kappa shape index (κ3) is 5.85. The van der Waals surface area contributed by atoms with Crippen molar-refractivity contribution in [3.63, 3.8) is 0 Å². The average Bonchev–Trinajstić information content (AvgIpc) is 2.40. The van der Waals surface area contributed by atoms with Crippen molar-refractivity contribution < 1.29 is 9.90 Å². The summed E-state index contributed by atoms with van der Waals surface area (Å²) in [6.07, 6.45) is 2.60. The number of carbonyl (C=O) groups is 1. The molecule has 0 heterocycles. The summed E-state index contributed by atoms with van der Waals surface area (Å²) in [6, 6.07) is 8.26. The van der Waals surface area contributed by atoms with Gasteiger partial charge in [0.25, 0.3) is 0 Å². The fourth-order valence-electron chi connectivity index (χ4n) is 1.96. The van der Waals surface area contributed by atoms with Crippen LogP contribution in [0.25, 0.3) is 0 Å². The Balaban J connectivity index is 2.27. The monoisotopic (exact) mass is 359 g/mol. The normalized spacial score (nSPS) is 13.9. The lowest BCUT2D eigenvalue weighted by Gasteiger charge is -2.25. The van der Waals surface area contributed by atoms with Crippen LogP contribution in [0.1, 0.15) is 33.1 Å². The highest BCUT2D eigenvalue weighted by Crippen LogP contribution is 2.23. The minimum atomic E-state index is -0.795. The molecule has 0 radical (unpaired) electrons. The molecule has 0 aliphatic heterocycles. The van der Waals surface area contributed by atoms with Crippen LogP contribution in [0.15, 0.2) is 33.6 Å². The van der Waals surface area contributed by atoms with Gasteiger partial charge in [-0.25, -0.2) is 0 Å². The summed E-state index contributed by atoms with van der Waals surface area (Å²) in [5.41, 5.74) is -0.795. The van der Waals surface area contributed by atoms with Gasteiger partial charge in [-0.15, -0.1) is 11.8 Å². The van der Waals surface area contributed by atoms with E-state index in [2.05, 4.69) is 33.4 Å². The second-order valence-electron chi connectivity index (χ2n) is 4.93. The van der Waals surface area contributed by atoms with Gasteiger partial charge in [0.2, 0.25) is 0 Å². The summed E-state index contributed by atoms with van der Waals surface area (Å²) in [5, 5.41) is 12.3. The molecular weight excluding hydrogens is 338 g/mol. The fourth-order valence-corrected chi connectivity index (χ4v) is 3.14. The van der Waals surface area contributed by atoms with E-state index in [1.807, 2.05) is 30.8 Å².